The van der Waals surface area contributed by atoms with Gasteiger partial charge in [0.05, 0.1) is 19.1 Å². The number of hydrogen-bond acceptors (Lipinski definition) is 5. The Kier molecular flexibility index (Phi) is 6.90. The lowest BCUT2D eigenvalue weighted by atomic mass is 9.98. The number of amides is 1. The van der Waals surface area contributed by atoms with E-state index in [1.165, 1.54) is 0 Å². The van der Waals surface area contributed by atoms with Crippen LogP contribution in [0.5, 0.6) is 11.5 Å². The van der Waals surface area contributed by atoms with Crippen LogP contribution in [0.3, 0.4) is 0 Å². The quantitative estimate of drug-likeness (QED) is 0.715. The van der Waals surface area contributed by atoms with Crippen LogP contribution in [-0.2, 0) is 14.3 Å². The molecule has 1 unspecified atom stereocenters. The molecule has 24 heavy (non-hydrogen) atoms. The number of piperidine rings is 1. The minimum absolute atomic E-state index is 0.0382. The molecule has 1 saturated heterocycles. The predicted molar refractivity (Wildman–Crippen MR) is 89.0 cm³/mol. The fraction of sp³-hybridized carbons (Fsp3) is 0.556. The van der Waals surface area contributed by atoms with Gasteiger partial charge in [0.1, 0.15) is 11.5 Å². The van der Waals surface area contributed by atoms with E-state index in [2.05, 4.69) is 0 Å². The third-order valence-electron chi connectivity index (χ3n) is 3.89. The first kappa shape index (κ1) is 18.1. The molecule has 0 spiro atoms. The fourth-order valence-electron chi connectivity index (χ4n) is 2.69. The van der Waals surface area contributed by atoms with E-state index >= 15 is 0 Å². The predicted octanol–water partition coefficient (Wildman–Crippen LogP) is 2.27. The van der Waals surface area contributed by atoms with Gasteiger partial charge >= 0.3 is 5.97 Å². The van der Waals surface area contributed by atoms with Crippen molar-refractivity contribution in [3.8, 4) is 11.5 Å². The smallest absolute Gasteiger partial charge is 0.310 e. The second kappa shape index (κ2) is 9.15. The van der Waals surface area contributed by atoms with Crippen LogP contribution in [0.1, 0.15) is 26.7 Å². The summed E-state index contributed by atoms with van der Waals surface area (Å²) in [5.74, 6) is 0.823. The molecule has 1 aliphatic rings. The van der Waals surface area contributed by atoms with Gasteiger partial charge in [0, 0.05) is 13.1 Å². The number of benzene rings is 1. The number of hydrogen-bond donors (Lipinski definition) is 0. The standard InChI is InChI=1S/C18H25NO5/c1-3-22-15-7-9-16(10-8-15)24-13-17(20)19-11-5-6-14(12-19)18(21)23-4-2/h7-10,14H,3-6,11-13H2,1-2H3. The number of carbonyl (C=O) groups excluding carboxylic acids is 2. The molecule has 1 atom stereocenters. The second-order valence-electron chi connectivity index (χ2n) is 5.62. The zero-order valence-electron chi connectivity index (χ0n) is 14.3. The van der Waals surface area contributed by atoms with Crippen molar-refractivity contribution in [2.75, 3.05) is 32.9 Å². The largest absolute Gasteiger partial charge is 0.494 e. The van der Waals surface area contributed by atoms with Gasteiger partial charge in [0.25, 0.3) is 5.91 Å². The van der Waals surface area contributed by atoms with Crippen LogP contribution in [0.25, 0.3) is 0 Å². The first-order valence-electron chi connectivity index (χ1n) is 8.44. The Morgan fingerprint density at radius 1 is 1.08 bits per heavy atom. The number of esters is 1. The van der Waals surface area contributed by atoms with Gasteiger partial charge in [-0.3, -0.25) is 9.59 Å². The van der Waals surface area contributed by atoms with E-state index in [1.807, 2.05) is 6.92 Å². The molecule has 1 aromatic carbocycles. The normalized spacial score (nSPS) is 17.2. The maximum absolute atomic E-state index is 12.3. The Bertz CT molecular complexity index is 543. The first-order chi connectivity index (χ1) is 11.6. The first-order valence-corrected chi connectivity index (χ1v) is 8.44. The van der Waals surface area contributed by atoms with Crippen molar-refractivity contribution in [2.45, 2.75) is 26.7 Å². The Morgan fingerprint density at radius 3 is 2.38 bits per heavy atom. The van der Waals surface area contributed by atoms with Crippen molar-refractivity contribution in [1.82, 2.24) is 4.90 Å². The molecule has 1 heterocycles. The Balaban J connectivity index is 1.82. The number of carbonyl (C=O) groups is 2. The van der Waals surface area contributed by atoms with Crippen LogP contribution in [-0.4, -0.2) is 49.7 Å². The Morgan fingerprint density at radius 2 is 1.75 bits per heavy atom. The number of nitrogens with zero attached hydrogens (tertiary/aromatic N) is 1. The molecular weight excluding hydrogens is 310 g/mol. The maximum atomic E-state index is 12.3. The van der Waals surface area contributed by atoms with Crippen molar-refractivity contribution < 1.29 is 23.8 Å². The summed E-state index contributed by atoms with van der Waals surface area (Å²) < 4.78 is 15.9. The molecule has 0 aliphatic carbocycles. The van der Waals surface area contributed by atoms with E-state index < -0.39 is 0 Å². The van der Waals surface area contributed by atoms with Gasteiger partial charge in [-0.2, -0.15) is 0 Å². The van der Waals surface area contributed by atoms with Crippen molar-refractivity contribution in [3.63, 3.8) is 0 Å². The Labute approximate surface area is 142 Å². The summed E-state index contributed by atoms with van der Waals surface area (Å²) in [5, 5.41) is 0. The summed E-state index contributed by atoms with van der Waals surface area (Å²) in [5.41, 5.74) is 0. The molecule has 2 rings (SSSR count). The third-order valence-corrected chi connectivity index (χ3v) is 3.89. The molecule has 0 bridgehead atoms. The molecule has 1 amide bonds. The van der Waals surface area contributed by atoms with Crippen LogP contribution in [0.15, 0.2) is 24.3 Å². The molecule has 1 aliphatic heterocycles. The van der Waals surface area contributed by atoms with E-state index in [0.29, 0.717) is 32.1 Å². The molecule has 1 aromatic rings. The second-order valence-corrected chi connectivity index (χ2v) is 5.62. The molecule has 6 heteroatoms. The number of rotatable bonds is 7. The highest BCUT2D eigenvalue weighted by Crippen LogP contribution is 2.20. The van der Waals surface area contributed by atoms with Gasteiger partial charge in [-0.05, 0) is 51.0 Å². The number of likely N-dealkylation sites (tertiary alicyclic amines) is 1. The van der Waals surface area contributed by atoms with E-state index in [4.69, 9.17) is 14.2 Å². The minimum atomic E-state index is -0.229. The van der Waals surface area contributed by atoms with Gasteiger partial charge < -0.3 is 19.1 Å². The summed E-state index contributed by atoms with van der Waals surface area (Å²) in [6.07, 6.45) is 1.57. The summed E-state index contributed by atoms with van der Waals surface area (Å²) in [7, 11) is 0. The monoisotopic (exact) mass is 335 g/mol. The average molecular weight is 335 g/mol. The van der Waals surface area contributed by atoms with Gasteiger partial charge in [0.2, 0.25) is 0 Å². The molecule has 132 valence electrons. The highest BCUT2D eigenvalue weighted by molar-refractivity contribution is 5.79. The van der Waals surface area contributed by atoms with Gasteiger partial charge in [-0.15, -0.1) is 0 Å². The highest BCUT2D eigenvalue weighted by atomic mass is 16.5. The van der Waals surface area contributed by atoms with Crippen molar-refractivity contribution in [2.24, 2.45) is 5.92 Å². The SMILES string of the molecule is CCOC(=O)C1CCCN(C(=O)COc2ccc(OCC)cc2)C1. The summed E-state index contributed by atoms with van der Waals surface area (Å²) in [6.45, 7) is 5.70. The third kappa shape index (κ3) is 5.15. The molecule has 1 fully saturated rings. The summed E-state index contributed by atoms with van der Waals surface area (Å²) >= 11 is 0. The van der Waals surface area contributed by atoms with Crippen LogP contribution in [0.4, 0.5) is 0 Å². The van der Waals surface area contributed by atoms with Crippen molar-refractivity contribution in [1.29, 1.82) is 0 Å². The molecule has 0 aromatic heterocycles. The molecule has 0 N–H and O–H groups in total. The lowest BCUT2D eigenvalue weighted by Crippen LogP contribution is -2.44. The highest BCUT2D eigenvalue weighted by Gasteiger charge is 2.29. The van der Waals surface area contributed by atoms with Gasteiger partial charge in [-0.25, -0.2) is 0 Å². The average Bonchev–Trinajstić information content (AvgIpc) is 2.61. The van der Waals surface area contributed by atoms with E-state index in [-0.39, 0.29) is 24.4 Å². The zero-order chi connectivity index (χ0) is 17.4. The van der Waals surface area contributed by atoms with Gasteiger partial charge in [0.15, 0.2) is 6.61 Å². The molecule has 6 nitrogen and oxygen atoms in total. The van der Waals surface area contributed by atoms with Crippen LogP contribution >= 0.6 is 0 Å². The van der Waals surface area contributed by atoms with Crippen molar-refractivity contribution in [3.05, 3.63) is 24.3 Å². The summed E-state index contributed by atoms with van der Waals surface area (Å²) in [6, 6.07) is 7.16. The van der Waals surface area contributed by atoms with Gasteiger partial charge in [-0.1, -0.05) is 0 Å². The molecule has 0 radical (unpaired) electrons. The lowest BCUT2D eigenvalue weighted by molar-refractivity contribution is -0.151. The fourth-order valence-corrected chi connectivity index (χ4v) is 2.69. The minimum Gasteiger partial charge on any atom is -0.494 e. The molecular formula is C18H25NO5. The lowest BCUT2D eigenvalue weighted by Gasteiger charge is -2.31. The Hall–Kier alpha value is -2.24. The van der Waals surface area contributed by atoms with E-state index in [1.54, 1.807) is 36.1 Å². The van der Waals surface area contributed by atoms with Crippen molar-refractivity contribution >= 4 is 11.9 Å². The van der Waals surface area contributed by atoms with Crippen LogP contribution < -0.4 is 9.47 Å². The summed E-state index contributed by atoms with van der Waals surface area (Å²) in [4.78, 5) is 25.8. The van der Waals surface area contributed by atoms with E-state index in [0.717, 1.165) is 18.6 Å². The maximum Gasteiger partial charge on any atom is 0.310 e. The topological polar surface area (TPSA) is 65.1 Å². The number of ether oxygens (including phenoxy) is 3. The van der Waals surface area contributed by atoms with Crippen LogP contribution in [0.2, 0.25) is 0 Å². The van der Waals surface area contributed by atoms with Crippen LogP contribution in [0, 0.1) is 5.92 Å². The van der Waals surface area contributed by atoms with E-state index in [9.17, 15) is 9.59 Å². The zero-order valence-corrected chi connectivity index (χ0v) is 14.3. The molecule has 0 saturated carbocycles.